The summed E-state index contributed by atoms with van der Waals surface area (Å²) < 4.78 is 0. The Morgan fingerprint density at radius 2 is 1.86 bits per heavy atom. The molecule has 1 heterocycles. The number of hydrogen-bond donors (Lipinski definition) is 1. The minimum Gasteiger partial charge on any atom is -0.368 e. The zero-order chi connectivity index (χ0) is 21.0. The molecule has 8 nitrogen and oxygen atoms in total. The number of halogens is 1. The molecule has 152 valence electrons. The first-order valence-corrected chi connectivity index (χ1v) is 9.54. The molecule has 2 amide bonds. The molecule has 0 atom stereocenters. The minimum absolute atomic E-state index is 0.155. The van der Waals surface area contributed by atoms with Crippen LogP contribution in [0, 0.1) is 17.0 Å². The van der Waals surface area contributed by atoms with Gasteiger partial charge in [-0.15, -0.1) is 0 Å². The number of non-ortho nitro benzene ring substituents is 1. The SMILES string of the molecule is Cc1ccc([N+](=O)[O-])cc1C(=O)NCC(=O)N1CCN(c2cccc(Cl)c2)CC1. The van der Waals surface area contributed by atoms with Crippen LogP contribution in [0.3, 0.4) is 0 Å². The first-order valence-electron chi connectivity index (χ1n) is 9.16. The van der Waals surface area contributed by atoms with Crippen molar-refractivity contribution in [3.8, 4) is 0 Å². The number of benzene rings is 2. The Hall–Kier alpha value is -3.13. The van der Waals surface area contributed by atoms with Crippen molar-refractivity contribution in [3.05, 3.63) is 68.7 Å². The fourth-order valence-corrected chi connectivity index (χ4v) is 3.40. The molecular formula is C20H21ClN4O4. The second kappa shape index (κ2) is 8.91. The number of rotatable bonds is 5. The molecule has 2 aromatic rings. The zero-order valence-corrected chi connectivity index (χ0v) is 16.7. The lowest BCUT2D eigenvalue weighted by Crippen LogP contribution is -2.51. The Balaban J connectivity index is 1.53. The van der Waals surface area contributed by atoms with E-state index in [9.17, 15) is 19.7 Å². The summed E-state index contributed by atoms with van der Waals surface area (Å²) in [7, 11) is 0. The van der Waals surface area contributed by atoms with Crippen LogP contribution >= 0.6 is 11.6 Å². The van der Waals surface area contributed by atoms with Crippen molar-refractivity contribution in [3.63, 3.8) is 0 Å². The Morgan fingerprint density at radius 3 is 2.52 bits per heavy atom. The number of anilines is 1. The van der Waals surface area contributed by atoms with Gasteiger partial charge in [-0.1, -0.05) is 23.7 Å². The number of amides is 2. The molecule has 9 heteroatoms. The molecule has 1 N–H and O–H groups in total. The van der Waals surface area contributed by atoms with Crippen LogP contribution in [-0.4, -0.2) is 54.4 Å². The molecule has 2 aromatic carbocycles. The van der Waals surface area contributed by atoms with E-state index < -0.39 is 10.8 Å². The normalized spacial score (nSPS) is 13.9. The van der Waals surface area contributed by atoms with E-state index in [1.165, 1.54) is 18.2 Å². The van der Waals surface area contributed by atoms with Crippen molar-refractivity contribution < 1.29 is 14.5 Å². The molecule has 1 aliphatic rings. The van der Waals surface area contributed by atoms with E-state index >= 15 is 0 Å². The van der Waals surface area contributed by atoms with Gasteiger partial charge in [-0.25, -0.2) is 0 Å². The molecule has 0 unspecified atom stereocenters. The van der Waals surface area contributed by atoms with Gasteiger partial charge in [-0.3, -0.25) is 19.7 Å². The zero-order valence-electron chi connectivity index (χ0n) is 15.9. The van der Waals surface area contributed by atoms with Crippen molar-refractivity contribution in [1.29, 1.82) is 0 Å². The third kappa shape index (κ3) is 5.03. The summed E-state index contributed by atoms with van der Waals surface area (Å²) in [4.78, 5) is 39.0. The number of carbonyl (C=O) groups is 2. The molecule has 0 radical (unpaired) electrons. The Morgan fingerprint density at radius 1 is 1.14 bits per heavy atom. The number of nitro benzene ring substituents is 1. The van der Waals surface area contributed by atoms with E-state index in [4.69, 9.17) is 11.6 Å². The van der Waals surface area contributed by atoms with Gasteiger partial charge >= 0.3 is 0 Å². The van der Waals surface area contributed by atoms with Crippen LogP contribution in [0.1, 0.15) is 15.9 Å². The summed E-state index contributed by atoms with van der Waals surface area (Å²) in [6.45, 7) is 3.95. The first kappa shape index (κ1) is 20.6. The van der Waals surface area contributed by atoms with Gasteiger partial charge in [0.05, 0.1) is 11.5 Å². The highest BCUT2D eigenvalue weighted by atomic mass is 35.5. The van der Waals surface area contributed by atoms with Crippen LogP contribution in [0.25, 0.3) is 0 Å². The smallest absolute Gasteiger partial charge is 0.270 e. The molecule has 0 aliphatic carbocycles. The molecule has 0 aromatic heterocycles. The van der Waals surface area contributed by atoms with Gasteiger partial charge in [0, 0.05) is 54.6 Å². The van der Waals surface area contributed by atoms with Crippen LogP contribution in [0.15, 0.2) is 42.5 Å². The largest absolute Gasteiger partial charge is 0.368 e. The van der Waals surface area contributed by atoms with Gasteiger partial charge in [0.15, 0.2) is 0 Å². The summed E-state index contributed by atoms with van der Waals surface area (Å²) in [5.41, 5.74) is 1.65. The van der Waals surface area contributed by atoms with Crippen LogP contribution in [0.2, 0.25) is 5.02 Å². The van der Waals surface area contributed by atoms with E-state index in [1.54, 1.807) is 11.8 Å². The van der Waals surface area contributed by atoms with Crippen LogP contribution < -0.4 is 10.2 Å². The van der Waals surface area contributed by atoms with Crippen molar-refractivity contribution >= 4 is 34.8 Å². The minimum atomic E-state index is -0.555. The number of nitro groups is 1. The monoisotopic (exact) mass is 416 g/mol. The van der Waals surface area contributed by atoms with Gasteiger partial charge < -0.3 is 15.1 Å². The highest BCUT2D eigenvalue weighted by Gasteiger charge is 2.22. The average Bonchev–Trinajstić information content (AvgIpc) is 2.72. The second-order valence-electron chi connectivity index (χ2n) is 6.79. The molecule has 0 spiro atoms. The third-order valence-corrected chi connectivity index (χ3v) is 5.12. The topological polar surface area (TPSA) is 95.8 Å². The van der Waals surface area contributed by atoms with Crippen molar-refractivity contribution in [2.24, 2.45) is 0 Å². The molecule has 0 bridgehead atoms. The number of nitrogens with zero attached hydrogens (tertiary/aromatic N) is 3. The average molecular weight is 417 g/mol. The van der Waals surface area contributed by atoms with Crippen LogP contribution in [0.5, 0.6) is 0 Å². The number of hydrogen-bond acceptors (Lipinski definition) is 5. The van der Waals surface area contributed by atoms with E-state index in [2.05, 4.69) is 10.2 Å². The maximum absolute atomic E-state index is 12.5. The number of piperazine rings is 1. The van der Waals surface area contributed by atoms with Gasteiger partial charge in [0.2, 0.25) is 5.91 Å². The molecule has 3 rings (SSSR count). The lowest BCUT2D eigenvalue weighted by molar-refractivity contribution is -0.384. The summed E-state index contributed by atoms with van der Waals surface area (Å²) in [6.07, 6.45) is 0. The van der Waals surface area contributed by atoms with E-state index in [0.717, 1.165) is 5.69 Å². The summed E-state index contributed by atoms with van der Waals surface area (Å²) in [5, 5.41) is 14.1. The van der Waals surface area contributed by atoms with Crippen molar-refractivity contribution in [2.45, 2.75) is 6.92 Å². The van der Waals surface area contributed by atoms with Crippen LogP contribution in [-0.2, 0) is 4.79 Å². The predicted octanol–water partition coefficient (Wildman–Crippen LogP) is 2.64. The fraction of sp³-hybridized carbons (Fsp3) is 0.300. The van der Waals surface area contributed by atoms with Gasteiger partial charge in [0.1, 0.15) is 0 Å². The summed E-state index contributed by atoms with van der Waals surface area (Å²) in [5.74, 6) is -0.690. The van der Waals surface area contributed by atoms with E-state index in [1.807, 2.05) is 24.3 Å². The maximum atomic E-state index is 12.5. The number of nitrogens with one attached hydrogen (secondary N) is 1. The number of carbonyl (C=O) groups excluding carboxylic acids is 2. The summed E-state index contributed by atoms with van der Waals surface area (Å²) >= 11 is 6.03. The standard InChI is InChI=1S/C20H21ClN4O4/c1-14-5-6-17(25(28)29)12-18(14)20(27)22-13-19(26)24-9-7-23(8-10-24)16-4-2-3-15(21)11-16/h2-6,11-12H,7-10,13H2,1H3,(H,22,27). The third-order valence-electron chi connectivity index (χ3n) is 4.88. The maximum Gasteiger partial charge on any atom is 0.270 e. The van der Waals surface area contributed by atoms with E-state index in [0.29, 0.717) is 36.8 Å². The molecular weight excluding hydrogens is 396 g/mol. The van der Waals surface area contributed by atoms with E-state index in [-0.39, 0.29) is 23.7 Å². The Bertz CT molecular complexity index is 942. The highest BCUT2D eigenvalue weighted by molar-refractivity contribution is 6.30. The lowest BCUT2D eigenvalue weighted by Gasteiger charge is -2.36. The molecule has 1 fully saturated rings. The van der Waals surface area contributed by atoms with Crippen molar-refractivity contribution in [1.82, 2.24) is 10.2 Å². The molecule has 1 saturated heterocycles. The molecule has 1 aliphatic heterocycles. The highest BCUT2D eigenvalue weighted by Crippen LogP contribution is 2.21. The quantitative estimate of drug-likeness (QED) is 0.597. The van der Waals surface area contributed by atoms with Gasteiger partial charge in [-0.05, 0) is 30.7 Å². The van der Waals surface area contributed by atoms with Crippen molar-refractivity contribution in [2.75, 3.05) is 37.6 Å². The van der Waals surface area contributed by atoms with Gasteiger partial charge in [0.25, 0.3) is 11.6 Å². The lowest BCUT2D eigenvalue weighted by atomic mass is 10.1. The second-order valence-corrected chi connectivity index (χ2v) is 7.22. The van der Waals surface area contributed by atoms with Crippen LogP contribution in [0.4, 0.5) is 11.4 Å². The fourth-order valence-electron chi connectivity index (χ4n) is 3.22. The Labute approximate surface area is 173 Å². The Kier molecular flexibility index (Phi) is 6.33. The predicted molar refractivity (Wildman–Crippen MR) is 110 cm³/mol. The number of aryl methyl sites for hydroxylation is 1. The van der Waals surface area contributed by atoms with Gasteiger partial charge in [-0.2, -0.15) is 0 Å². The molecule has 0 saturated carbocycles. The molecule has 29 heavy (non-hydrogen) atoms. The summed E-state index contributed by atoms with van der Waals surface area (Å²) in [6, 6.07) is 11.7. The first-order chi connectivity index (χ1) is 13.8.